The van der Waals surface area contributed by atoms with Crippen molar-refractivity contribution in [3.63, 3.8) is 0 Å². The molecule has 0 aliphatic carbocycles. The molecule has 0 aromatic heterocycles. The highest BCUT2D eigenvalue weighted by atomic mass is 35.5. The molecule has 1 amide bonds. The SMILES string of the molecule is CCc1ccc([C@H](C)NC(=O)COc2ccccc2Cl)cc1. The van der Waals surface area contributed by atoms with E-state index in [1.807, 2.05) is 31.2 Å². The van der Waals surface area contributed by atoms with Crippen molar-refractivity contribution >= 4 is 17.5 Å². The molecule has 0 saturated heterocycles. The maximum Gasteiger partial charge on any atom is 0.258 e. The highest BCUT2D eigenvalue weighted by molar-refractivity contribution is 6.32. The van der Waals surface area contributed by atoms with Crippen LogP contribution in [0.5, 0.6) is 5.75 Å². The zero-order chi connectivity index (χ0) is 15.9. The molecule has 0 fully saturated rings. The lowest BCUT2D eigenvalue weighted by Gasteiger charge is -2.15. The summed E-state index contributed by atoms with van der Waals surface area (Å²) in [5.41, 5.74) is 2.35. The number of hydrogen-bond acceptors (Lipinski definition) is 2. The third kappa shape index (κ3) is 4.50. The summed E-state index contributed by atoms with van der Waals surface area (Å²) in [6.45, 7) is 4.02. The molecule has 4 heteroatoms. The number of carbonyl (C=O) groups is 1. The molecule has 1 N–H and O–H groups in total. The topological polar surface area (TPSA) is 38.3 Å². The van der Waals surface area contributed by atoms with Gasteiger partial charge < -0.3 is 10.1 Å². The monoisotopic (exact) mass is 317 g/mol. The van der Waals surface area contributed by atoms with E-state index >= 15 is 0 Å². The van der Waals surface area contributed by atoms with Gasteiger partial charge in [-0.25, -0.2) is 0 Å². The van der Waals surface area contributed by atoms with Gasteiger partial charge in [-0.1, -0.05) is 54.9 Å². The van der Waals surface area contributed by atoms with Gasteiger partial charge in [-0.15, -0.1) is 0 Å². The zero-order valence-electron chi connectivity index (χ0n) is 12.8. The minimum atomic E-state index is -0.174. The second kappa shape index (κ2) is 7.85. The number of carbonyl (C=O) groups excluding carboxylic acids is 1. The van der Waals surface area contributed by atoms with Crippen LogP contribution in [0.1, 0.15) is 31.0 Å². The van der Waals surface area contributed by atoms with Crippen molar-refractivity contribution in [1.29, 1.82) is 0 Å². The Morgan fingerprint density at radius 3 is 2.50 bits per heavy atom. The van der Waals surface area contributed by atoms with Crippen LogP contribution in [-0.2, 0) is 11.2 Å². The molecular weight excluding hydrogens is 298 g/mol. The summed E-state index contributed by atoms with van der Waals surface area (Å²) in [5, 5.41) is 3.41. The van der Waals surface area contributed by atoms with E-state index in [-0.39, 0.29) is 18.6 Å². The van der Waals surface area contributed by atoms with Gasteiger partial charge in [-0.2, -0.15) is 0 Å². The number of para-hydroxylation sites is 1. The maximum absolute atomic E-state index is 12.0. The summed E-state index contributed by atoms with van der Waals surface area (Å²) >= 11 is 5.98. The second-order valence-electron chi connectivity index (χ2n) is 5.10. The fraction of sp³-hybridized carbons (Fsp3) is 0.278. The lowest BCUT2D eigenvalue weighted by Crippen LogP contribution is -2.31. The van der Waals surface area contributed by atoms with Gasteiger partial charge in [0.1, 0.15) is 5.75 Å². The fourth-order valence-corrected chi connectivity index (χ4v) is 2.30. The number of halogens is 1. The lowest BCUT2D eigenvalue weighted by atomic mass is 10.1. The molecule has 0 unspecified atom stereocenters. The molecule has 0 bridgehead atoms. The van der Waals surface area contributed by atoms with Crippen LogP contribution in [0.4, 0.5) is 0 Å². The van der Waals surface area contributed by atoms with E-state index in [1.54, 1.807) is 12.1 Å². The molecule has 0 aliphatic rings. The van der Waals surface area contributed by atoms with Gasteiger partial charge in [0.2, 0.25) is 0 Å². The molecule has 0 radical (unpaired) electrons. The van der Waals surface area contributed by atoms with Crippen molar-refractivity contribution in [2.24, 2.45) is 0 Å². The molecule has 2 aromatic carbocycles. The van der Waals surface area contributed by atoms with Crippen LogP contribution in [0.3, 0.4) is 0 Å². The van der Waals surface area contributed by atoms with Crippen molar-refractivity contribution in [2.45, 2.75) is 26.3 Å². The Labute approximate surface area is 136 Å². The maximum atomic E-state index is 12.0. The average molecular weight is 318 g/mol. The van der Waals surface area contributed by atoms with Crippen molar-refractivity contribution in [1.82, 2.24) is 5.32 Å². The highest BCUT2D eigenvalue weighted by Gasteiger charge is 2.10. The molecule has 3 nitrogen and oxygen atoms in total. The van der Waals surface area contributed by atoms with Crippen molar-refractivity contribution < 1.29 is 9.53 Å². The second-order valence-corrected chi connectivity index (χ2v) is 5.51. The minimum Gasteiger partial charge on any atom is -0.482 e. The summed E-state index contributed by atoms with van der Waals surface area (Å²) in [7, 11) is 0. The van der Waals surface area contributed by atoms with Crippen LogP contribution in [-0.4, -0.2) is 12.5 Å². The average Bonchev–Trinajstić information content (AvgIpc) is 2.54. The Kier molecular flexibility index (Phi) is 5.84. The number of benzene rings is 2. The van der Waals surface area contributed by atoms with Crippen LogP contribution >= 0.6 is 11.6 Å². The minimum absolute atomic E-state index is 0.0544. The highest BCUT2D eigenvalue weighted by Crippen LogP contribution is 2.23. The first kappa shape index (κ1) is 16.4. The van der Waals surface area contributed by atoms with Gasteiger partial charge in [-0.05, 0) is 36.6 Å². The van der Waals surface area contributed by atoms with E-state index in [4.69, 9.17) is 16.3 Å². The summed E-state index contributed by atoms with van der Waals surface area (Å²) in [5.74, 6) is 0.339. The van der Waals surface area contributed by atoms with E-state index < -0.39 is 0 Å². The molecule has 0 spiro atoms. The van der Waals surface area contributed by atoms with E-state index in [9.17, 15) is 4.79 Å². The van der Waals surface area contributed by atoms with Gasteiger partial charge >= 0.3 is 0 Å². The summed E-state index contributed by atoms with van der Waals surface area (Å²) in [6.07, 6.45) is 1.01. The van der Waals surface area contributed by atoms with Crippen LogP contribution in [0.2, 0.25) is 5.02 Å². The first-order chi connectivity index (χ1) is 10.6. The number of hydrogen-bond donors (Lipinski definition) is 1. The molecule has 0 saturated carbocycles. The van der Waals surface area contributed by atoms with Crippen molar-refractivity contribution in [2.75, 3.05) is 6.61 Å². The molecule has 116 valence electrons. The largest absolute Gasteiger partial charge is 0.482 e. The molecular formula is C18H20ClNO2. The fourth-order valence-electron chi connectivity index (χ4n) is 2.11. The Morgan fingerprint density at radius 1 is 1.18 bits per heavy atom. The summed E-state index contributed by atoms with van der Waals surface area (Å²) in [6, 6.07) is 15.3. The third-order valence-electron chi connectivity index (χ3n) is 3.46. The Hall–Kier alpha value is -2.00. The predicted molar refractivity (Wildman–Crippen MR) is 89.3 cm³/mol. The van der Waals surface area contributed by atoms with E-state index in [0.29, 0.717) is 10.8 Å². The normalized spacial score (nSPS) is 11.8. The van der Waals surface area contributed by atoms with Crippen LogP contribution < -0.4 is 10.1 Å². The molecule has 1 atom stereocenters. The quantitative estimate of drug-likeness (QED) is 0.868. The number of amides is 1. The molecule has 22 heavy (non-hydrogen) atoms. The summed E-state index contributed by atoms with van der Waals surface area (Å²) in [4.78, 5) is 12.0. The molecule has 0 aliphatic heterocycles. The van der Waals surface area contributed by atoms with Crippen LogP contribution in [0.15, 0.2) is 48.5 Å². The Bertz CT molecular complexity index is 625. The number of nitrogens with one attached hydrogen (secondary N) is 1. The van der Waals surface area contributed by atoms with Crippen LogP contribution in [0, 0.1) is 0 Å². The first-order valence-electron chi connectivity index (χ1n) is 7.35. The zero-order valence-corrected chi connectivity index (χ0v) is 13.6. The Balaban J connectivity index is 1.87. The molecule has 0 heterocycles. The van der Waals surface area contributed by atoms with Crippen molar-refractivity contribution in [3.05, 3.63) is 64.7 Å². The van der Waals surface area contributed by atoms with Gasteiger partial charge in [0.15, 0.2) is 6.61 Å². The van der Waals surface area contributed by atoms with Gasteiger partial charge in [0.05, 0.1) is 11.1 Å². The van der Waals surface area contributed by atoms with E-state index in [1.165, 1.54) is 5.56 Å². The van der Waals surface area contributed by atoms with E-state index in [0.717, 1.165) is 12.0 Å². The van der Waals surface area contributed by atoms with Crippen molar-refractivity contribution in [3.8, 4) is 5.75 Å². The van der Waals surface area contributed by atoms with Crippen LogP contribution in [0.25, 0.3) is 0 Å². The molecule has 2 aromatic rings. The molecule has 2 rings (SSSR count). The Morgan fingerprint density at radius 2 is 1.86 bits per heavy atom. The number of ether oxygens (including phenoxy) is 1. The number of aryl methyl sites for hydroxylation is 1. The van der Waals surface area contributed by atoms with Gasteiger partial charge in [-0.3, -0.25) is 4.79 Å². The van der Waals surface area contributed by atoms with E-state index in [2.05, 4.69) is 24.4 Å². The predicted octanol–water partition coefficient (Wildman–Crippen LogP) is 4.16. The standard InChI is InChI=1S/C18H20ClNO2/c1-3-14-8-10-15(11-9-14)13(2)20-18(21)12-22-17-7-5-4-6-16(17)19/h4-11,13H,3,12H2,1-2H3,(H,20,21)/t13-/m0/s1. The van der Waals surface area contributed by atoms with Gasteiger partial charge in [0.25, 0.3) is 5.91 Å². The van der Waals surface area contributed by atoms with Gasteiger partial charge in [0, 0.05) is 0 Å². The number of rotatable bonds is 6. The first-order valence-corrected chi connectivity index (χ1v) is 7.73. The smallest absolute Gasteiger partial charge is 0.258 e. The lowest BCUT2D eigenvalue weighted by molar-refractivity contribution is -0.123. The third-order valence-corrected chi connectivity index (χ3v) is 3.77. The summed E-state index contributed by atoms with van der Waals surface area (Å²) < 4.78 is 5.43.